The minimum Gasteiger partial charge on any atom is -0.390 e. The number of aryl methyl sites for hydroxylation is 2. The van der Waals surface area contributed by atoms with Gasteiger partial charge in [-0.05, 0) is 31.2 Å². The Morgan fingerprint density at radius 2 is 2.39 bits per heavy atom. The monoisotopic (exact) mass is 252 g/mol. The number of aliphatic hydroxyl groups is 1. The van der Waals surface area contributed by atoms with E-state index in [1.54, 1.807) is 6.20 Å². The topological polar surface area (TPSA) is 47.3 Å². The van der Waals surface area contributed by atoms with Gasteiger partial charge in [-0.3, -0.25) is 4.68 Å². The highest BCUT2D eigenvalue weighted by atomic mass is 16.5. The molecule has 0 radical (unpaired) electrons. The van der Waals surface area contributed by atoms with Crippen LogP contribution in [-0.2, 0) is 18.2 Å². The lowest BCUT2D eigenvalue weighted by Gasteiger charge is -2.38. The second-order valence-corrected chi connectivity index (χ2v) is 5.78. The standard InChI is InChI=1S/C14H24N2O2/c1-11(2)13-10-14(17,7-9-18-13)6-4-12-5-8-15-16(12)3/h5,8,11,13,17H,4,6-7,9-10H2,1-3H3. The molecule has 1 N–H and O–H groups in total. The van der Waals surface area contributed by atoms with Crippen LogP contribution in [-0.4, -0.2) is 33.2 Å². The highest BCUT2D eigenvalue weighted by molar-refractivity contribution is 5.02. The molecule has 2 rings (SSSR count). The third-order valence-electron chi connectivity index (χ3n) is 3.99. The van der Waals surface area contributed by atoms with Gasteiger partial charge in [0.05, 0.1) is 11.7 Å². The van der Waals surface area contributed by atoms with Crippen LogP contribution < -0.4 is 0 Å². The fourth-order valence-electron chi connectivity index (χ4n) is 2.60. The number of hydrogen-bond donors (Lipinski definition) is 1. The number of aromatic nitrogens is 2. The molecule has 0 spiro atoms. The average Bonchev–Trinajstić information content (AvgIpc) is 2.72. The molecule has 0 aliphatic carbocycles. The van der Waals surface area contributed by atoms with E-state index in [1.807, 2.05) is 17.8 Å². The van der Waals surface area contributed by atoms with Crippen LogP contribution in [0.2, 0.25) is 0 Å². The Morgan fingerprint density at radius 1 is 1.61 bits per heavy atom. The Kier molecular flexibility index (Phi) is 4.07. The van der Waals surface area contributed by atoms with Crippen molar-refractivity contribution in [2.75, 3.05) is 6.61 Å². The summed E-state index contributed by atoms with van der Waals surface area (Å²) >= 11 is 0. The van der Waals surface area contributed by atoms with Crippen LogP contribution in [0.1, 0.15) is 38.8 Å². The van der Waals surface area contributed by atoms with Crippen LogP contribution in [0.4, 0.5) is 0 Å². The molecule has 1 aromatic heterocycles. The van der Waals surface area contributed by atoms with E-state index in [-0.39, 0.29) is 6.10 Å². The van der Waals surface area contributed by atoms with Gasteiger partial charge in [-0.1, -0.05) is 13.8 Å². The van der Waals surface area contributed by atoms with Crippen molar-refractivity contribution in [3.8, 4) is 0 Å². The first-order valence-electron chi connectivity index (χ1n) is 6.81. The Labute approximate surface area is 109 Å². The van der Waals surface area contributed by atoms with Crippen molar-refractivity contribution in [2.45, 2.75) is 51.2 Å². The maximum Gasteiger partial charge on any atom is 0.0698 e. The Bertz CT molecular complexity index is 389. The number of ether oxygens (including phenoxy) is 1. The lowest BCUT2D eigenvalue weighted by Crippen LogP contribution is -2.43. The van der Waals surface area contributed by atoms with Gasteiger partial charge in [0, 0.05) is 32.0 Å². The van der Waals surface area contributed by atoms with E-state index in [0.29, 0.717) is 12.5 Å². The summed E-state index contributed by atoms with van der Waals surface area (Å²) < 4.78 is 7.60. The van der Waals surface area contributed by atoms with Gasteiger partial charge in [0.25, 0.3) is 0 Å². The van der Waals surface area contributed by atoms with Crippen molar-refractivity contribution < 1.29 is 9.84 Å². The van der Waals surface area contributed by atoms with Crippen LogP contribution in [0.25, 0.3) is 0 Å². The highest BCUT2D eigenvalue weighted by Crippen LogP contribution is 2.32. The molecule has 1 saturated heterocycles. The molecule has 4 nitrogen and oxygen atoms in total. The van der Waals surface area contributed by atoms with Crippen molar-refractivity contribution in [2.24, 2.45) is 13.0 Å². The summed E-state index contributed by atoms with van der Waals surface area (Å²) in [5, 5.41) is 14.8. The molecular formula is C14H24N2O2. The molecule has 0 bridgehead atoms. The molecule has 1 aliphatic rings. The molecule has 1 aliphatic heterocycles. The molecule has 102 valence electrons. The summed E-state index contributed by atoms with van der Waals surface area (Å²) in [4.78, 5) is 0. The van der Waals surface area contributed by atoms with Gasteiger partial charge in [0.1, 0.15) is 0 Å². The molecule has 1 fully saturated rings. The van der Waals surface area contributed by atoms with Crippen molar-refractivity contribution in [3.05, 3.63) is 18.0 Å². The first-order chi connectivity index (χ1) is 8.50. The van der Waals surface area contributed by atoms with Gasteiger partial charge < -0.3 is 9.84 Å². The maximum atomic E-state index is 10.7. The summed E-state index contributed by atoms with van der Waals surface area (Å²) in [5.41, 5.74) is 0.605. The third kappa shape index (κ3) is 3.12. The van der Waals surface area contributed by atoms with E-state index in [2.05, 4.69) is 18.9 Å². The van der Waals surface area contributed by atoms with Crippen LogP contribution in [0.3, 0.4) is 0 Å². The molecule has 0 saturated carbocycles. The average molecular weight is 252 g/mol. The molecule has 0 aromatic carbocycles. The minimum absolute atomic E-state index is 0.190. The second kappa shape index (κ2) is 5.41. The zero-order valence-corrected chi connectivity index (χ0v) is 11.6. The second-order valence-electron chi connectivity index (χ2n) is 5.78. The predicted octanol–water partition coefficient (Wildman–Crippen LogP) is 1.92. The smallest absolute Gasteiger partial charge is 0.0698 e. The molecule has 2 unspecified atom stereocenters. The first-order valence-corrected chi connectivity index (χ1v) is 6.81. The fraction of sp³-hybridized carbons (Fsp3) is 0.786. The zero-order chi connectivity index (χ0) is 13.2. The largest absolute Gasteiger partial charge is 0.390 e. The molecule has 18 heavy (non-hydrogen) atoms. The molecule has 1 aromatic rings. The van der Waals surface area contributed by atoms with Gasteiger partial charge in [0.15, 0.2) is 0 Å². The van der Waals surface area contributed by atoms with Crippen molar-refractivity contribution in [1.29, 1.82) is 0 Å². The molecule has 0 amide bonds. The van der Waals surface area contributed by atoms with E-state index >= 15 is 0 Å². The van der Waals surface area contributed by atoms with Crippen molar-refractivity contribution in [1.82, 2.24) is 9.78 Å². The van der Waals surface area contributed by atoms with E-state index in [0.717, 1.165) is 25.7 Å². The fourth-order valence-corrected chi connectivity index (χ4v) is 2.60. The van der Waals surface area contributed by atoms with Gasteiger partial charge >= 0.3 is 0 Å². The Morgan fingerprint density at radius 3 is 3.00 bits per heavy atom. The molecular weight excluding hydrogens is 228 g/mol. The molecule has 2 atom stereocenters. The van der Waals surface area contributed by atoms with Gasteiger partial charge in [-0.2, -0.15) is 5.10 Å². The van der Waals surface area contributed by atoms with E-state index in [4.69, 9.17) is 4.74 Å². The third-order valence-corrected chi connectivity index (χ3v) is 3.99. The number of rotatable bonds is 4. The summed E-state index contributed by atoms with van der Waals surface area (Å²) in [6.45, 7) is 4.97. The normalized spacial score (nSPS) is 28.8. The molecule has 4 heteroatoms. The lowest BCUT2D eigenvalue weighted by molar-refractivity contribution is -0.120. The Balaban J connectivity index is 1.93. The van der Waals surface area contributed by atoms with Crippen LogP contribution in [0, 0.1) is 5.92 Å². The number of hydrogen-bond acceptors (Lipinski definition) is 3. The quantitative estimate of drug-likeness (QED) is 0.890. The Hall–Kier alpha value is -0.870. The predicted molar refractivity (Wildman–Crippen MR) is 70.3 cm³/mol. The van der Waals surface area contributed by atoms with Crippen molar-refractivity contribution in [3.63, 3.8) is 0 Å². The first kappa shape index (κ1) is 13.6. The van der Waals surface area contributed by atoms with Gasteiger partial charge in [0.2, 0.25) is 0 Å². The van der Waals surface area contributed by atoms with E-state index < -0.39 is 5.60 Å². The summed E-state index contributed by atoms with van der Waals surface area (Å²) in [6, 6.07) is 2.02. The van der Waals surface area contributed by atoms with Gasteiger partial charge in [-0.15, -0.1) is 0 Å². The summed E-state index contributed by atoms with van der Waals surface area (Å²) in [6.07, 6.45) is 5.16. The molecule has 2 heterocycles. The van der Waals surface area contributed by atoms with E-state index in [1.165, 1.54) is 5.69 Å². The minimum atomic E-state index is -0.572. The summed E-state index contributed by atoms with van der Waals surface area (Å²) in [5.74, 6) is 0.466. The van der Waals surface area contributed by atoms with Crippen LogP contribution in [0.15, 0.2) is 12.3 Å². The highest BCUT2D eigenvalue weighted by Gasteiger charge is 2.35. The van der Waals surface area contributed by atoms with Crippen molar-refractivity contribution >= 4 is 0 Å². The van der Waals surface area contributed by atoms with Gasteiger partial charge in [-0.25, -0.2) is 0 Å². The SMILES string of the molecule is CC(C)C1CC(O)(CCc2ccnn2C)CCO1. The van der Waals surface area contributed by atoms with E-state index in [9.17, 15) is 5.11 Å². The lowest BCUT2D eigenvalue weighted by atomic mass is 9.83. The summed E-state index contributed by atoms with van der Waals surface area (Å²) in [7, 11) is 1.94. The number of nitrogens with zero attached hydrogens (tertiary/aromatic N) is 2. The van der Waals surface area contributed by atoms with Crippen LogP contribution in [0.5, 0.6) is 0 Å². The zero-order valence-electron chi connectivity index (χ0n) is 11.6. The maximum absolute atomic E-state index is 10.7. The van der Waals surface area contributed by atoms with Crippen LogP contribution >= 0.6 is 0 Å².